The van der Waals surface area contributed by atoms with Gasteiger partial charge in [0.1, 0.15) is 12.6 Å². The summed E-state index contributed by atoms with van der Waals surface area (Å²) in [6.07, 6.45) is 3.15. The van der Waals surface area contributed by atoms with Gasteiger partial charge >= 0.3 is 0 Å². The number of unbranched alkanes of at least 4 members (excludes halogenated alkanes) is 1. The van der Waals surface area contributed by atoms with Gasteiger partial charge in [-0.3, -0.25) is 13.9 Å². The van der Waals surface area contributed by atoms with Crippen molar-refractivity contribution in [3.63, 3.8) is 0 Å². The molecule has 0 aliphatic heterocycles. The molecule has 0 spiro atoms. The number of anilines is 1. The molecular weight excluding hydrogens is 522 g/mol. The number of nitrogens with one attached hydrogen (secondary N) is 1. The van der Waals surface area contributed by atoms with Crippen molar-refractivity contribution < 1.29 is 18.0 Å². The van der Waals surface area contributed by atoms with Crippen molar-refractivity contribution in [1.82, 2.24) is 10.2 Å². The molecule has 3 aromatic carbocycles. The van der Waals surface area contributed by atoms with E-state index in [4.69, 9.17) is 0 Å². The molecule has 3 rings (SSSR count). The highest BCUT2D eigenvalue weighted by Crippen LogP contribution is 2.23. The van der Waals surface area contributed by atoms with Gasteiger partial charge in [0.25, 0.3) is 0 Å². The summed E-state index contributed by atoms with van der Waals surface area (Å²) >= 11 is 0. The first kappa shape index (κ1) is 30.9. The fourth-order valence-electron chi connectivity index (χ4n) is 4.74. The van der Waals surface area contributed by atoms with Crippen LogP contribution in [-0.2, 0) is 32.6 Å². The van der Waals surface area contributed by atoms with Crippen LogP contribution in [0.4, 0.5) is 5.69 Å². The molecule has 0 aliphatic carbocycles. The van der Waals surface area contributed by atoms with Crippen molar-refractivity contribution in [3.05, 3.63) is 101 Å². The van der Waals surface area contributed by atoms with Crippen LogP contribution >= 0.6 is 0 Å². The van der Waals surface area contributed by atoms with Gasteiger partial charge in [-0.1, -0.05) is 74.0 Å². The summed E-state index contributed by atoms with van der Waals surface area (Å²) in [6.45, 7) is 8.05. The summed E-state index contributed by atoms with van der Waals surface area (Å²) in [6, 6.07) is 21.9. The van der Waals surface area contributed by atoms with Crippen molar-refractivity contribution >= 4 is 27.5 Å². The quantitative estimate of drug-likeness (QED) is 0.299. The monoisotopic (exact) mass is 563 g/mol. The van der Waals surface area contributed by atoms with Crippen LogP contribution in [-0.4, -0.2) is 50.5 Å². The number of carbonyl (C=O) groups excluding carboxylic acids is 2. The second kappa shape index (κ2) is 14.1. The number of nitrogens with zero attached hydrogens (tertiary/aromatic N) is 2. The Morgan fingerprint density at radius 3 is 2.12 bits per heavy atom. The molecule has 0 fully saturated rings. The molecule has 1 N–H and O–H groups in total. The molecule has 1 unspecified atom stereocenters. The number of amides is 2. The van der Waals surface area contributed by atoms with Crippen molar-refractivity contribution in [3.8, 4) is 0 Å². The molecule has 3 aromatic rings. The highest BCUT2D eigenvalue weighted by atomic mass is 32.2. The molecule has 214 valence electrons. The first-order valence-electron chi connectivity index (χ1n) is 13.7. The number of sulfonamides is 1. The molecule has 0 radical (unpaired) electrons. The van der Waals surface area contributed by atoms with E-state index in [1.807, 2.05) is 81.4 Å². The molecule has 0 aliphatic rings. The molecule has 0 saturated carbocycles. The second-order valence-electron chi connectivity index (χ2n) is 10.4. The predicted octanol–water partition coefficient (Wildman–Crippen LogP) is 4.93. The molecule has 40 heavy (non-hydrogen) atoms. The van der Waals surface area contributed by atoms with Crippen molar-refractivity contribution in [1.29, 1.82) is 0 Å². The van der Waals surface area contributed by atoms with Crippen molar-refractivity contribution in [2.24, 2.45) is 0 Å². The van der Waals surface area contributed by atoms with E-state index in [0.29, 0.717) is 18.7 Å². The number of hydrogen-bond donors (Lipinski definition) is 1. The van der Waals surface area contributed by atoms with Crippen LogP contribution in [0.1, 0.15) is 47.6 Å². The van der Waals surface area contributed by atoms with Gasteiger partial charge in [-0.15, -0.1) is 0 Å². The van der Waals surface area contributed by atoms with Gasteiger partial charge in [0.15, 0.2) is 0 Å². The minimum Gasteiger partial charge on any atom is -0.354 e. The first-order chi connectivity index (χ1) is 19.0. The maximum atomic E-state index is 14.2. The summed E-state index contributed by atoms with van der Waals surface area (Å²) in [5.41, 5.74) is 5.01. The molecule has 0 bridgehead atoms. The molecule has 0 aromatic heterocycles. The zero-order valence-corrected chi connectivity index (χ0v) is 25.0. The van der Waals surface area contributed by atoms with E-state index in [2.05, 4.69) is 12.2 Å². The standard InChI is InChI=1S/C32H41N3O4S/c1-6-7-17-33-32(37)30(21-27-14-9-8-10-15-27)34(22-28-16-12-11-13-26(28)4)31(36)23-35(40(5,38)39)29-19-24(2)18-25(3)20-29/h8-16,18-20,30H,6-7,17,21-23H2,1-5H3,(H,33,37). The van der Waals surface area contributed by atoms with Crippen molar-refractivity contribution in [2.45, 2.75) is 59.5 Å². The Morgan fingerprint density at radius 1 is 0.900 bits per heavy atom. The number of aryl methyl sites for hydroxylation is 3. The smallest absolute Gasteiger partial charge is 0.244 e. The van der Waals surface area contributed by atoms with Crippen LogP contribution in [0.15, 0.2) is 72.8 Å². The van der Waals surface area contributed by atoms with E-state index in [1.54, 1.807) is 12.1 Å². The third kappa shape index (κ3) is 8.68. The van der Waals surface area contributed by atoms with Crippen LogP contribution in [0.2, 0.25) is 0 Å². The summed E-state index contributed by atoms with van der Waals surface area (Å²) in [7, 11) is -3.80. The Hall–Kier alpha value is -3.65. The van der Waals surface area contributed by atoms with E-state index in [-0.39, 0.29) is 12.5 Å². The van der Waals surface area contributed by atoms with Gasteiger partial charge in [0.2, 0.25) is 21.8 Å². The molecular formula is C32H41N3O4S. The molecule has 2 amide bonds. The molecule has 8 heteroatoms. The Kier molecular flexibility index (Phi) is 10.9. The van der Waals surface area contributed by atoms with E-state index in [1.165, 1.54) is 4.90 Å². The van der Waals surface area contributed by atoms with Gasteiger partial charge in [0, 0.05) is 19.5 Å². The number of rotatable bonds is 13. The van der Waals surface area contributed by atoms with Gasteiger partial charge in [-0.2, -0.15) is 0 Å². The first-order valence-corrected chi connectivity index (χ1v) is 15.6. The lowest BCUT2D eigenvalue weighted by molar-refractivity contribution is -0.140. The van der Waals surface area contributed by atoms with E-state index in [9.17, 15) is 18.0 Å². The number of carbonyl (C=O) groups is 2. The van der Waals surface area contributed by atoms with Crippen molar-refractivity contribution in [2.75, 3.05) is 23.7 Å². The zero-order valence-electron chi connectivity index (χ0n) is 24.2. The maximum Gasteiger partial charge on any atom is 0.244 e. The minimum absolute atomic E-state index is 0.175. The van der Waals surface area contributed by atoms with Crippen LogP contribution in [0, 0.1) is 20.8 Å². The van der Waals surface area contributed by atoms with Gasteiger partial charge < -0.3 is 10.2 Å². The lowest BCUT2D eigenvalue weighted by atomic mass is 10.0. The normalized spacial score (nSPS) is 12.0. The predicted molar refractivity (Wildman–Crippen MR) is 162 cm³/mol. The van der Waals surface area contributed by atoms with Crippen LogP contribution in [0.3, 0.4) is 0 Å². The highest BCUT2D eigenvalue weighted by molar-refractivity contribution is 7.92. The molecule has 0 heterocycles. The van der Waals surface area contributed by atoms with E-state index in [0.717, 1.165) is 51.2 Å². The fourth-order valence-corrected chi connectivity index (χ4v) is 5.57. The summed E-state index contributed by atoms with van der Waals surface area (Å²) in [4.78, 5) is 29.4. The fraction of sp³-hybridized carbons (Fsp3) is 0.375. The lowest BCUT2D eigenvalue weighted by Gasteiger charge is -2.34. The lowest BCUT2D eigenvalue weighted by Crippen LogP contribution is -2.53. The average molecular weight is 564 g/mol. The zero-order chi connectivity index (χ0) is 29.3. The van der Waals surface area contributed by atoms with E-state index >= 15 is 0 Å². The number of hydrogen-bond acceptors (Lipinski definition) is 4. The third-order valence-electron chi connectivity index (χ3n) is 6.88. The Morgan fingerprint density at radius 2 is 1.52 bits per heavy atom. The molecule has 7 nitrogen and oxygen atoms in total. The summed E-state index contributed by atoms with van der Waals surface area (Å²) < 4.78 is 27.1. The average Bonchev–Trinajstić information content (AvgIpc) is 2.89. The second-order valence-corrected chi connectivity index (χ2v) is 12.3. The molecule has 1 atom stereocenters. The Balaban J connectivity index is 2.06. The maximum absolute atomic E-state index is 14.2. The Labute approximate surface area is 239 Å². The van der Waals surface area contributed by atoms with Crippen LogP contribution in [0.5, 0.6) is 0 Å². The summed E-state index contributed by atoms with van der Waals surface area (Å²) in [5, 5.41) is 3.01. The SMILES string of the molecule is CCCCNC(=O)C(Cc1ccccc1)N(Cc1ccccc1C)C(=O)CN(c1cc(C)cc(C)c1)S(C)(=O)=O. The van der Waals surface area contributed by atoms with Gasteiger partial charge in [-0.25, -0.2) is 8.42 Å². The number of benzene rings is 3. The highest BCUT2D eigenvalue weighted by Gasteiger charge is 2.33. The van der Waals surface area contributed by atoms with Gasteiger partial charge in [0.05, 0.1) is 11.9 Å². The minimum atomic E-state index is -3.80. The van der Waals surface area contributed by atoms with E-state index < -0.39 is 28.5 Å². The van der Waals surface area contributed by atoms with Gasteiger partial charge in [-0.05, 0) is 67.1 Å². The molecule has 0 saturated heterocycles. The van der Waals surface area contributed by atoms with Crippen LogP contribution < -0.4 is 9.62 Å². The largest absolute Gasteiger partial charge is 0.354 e. The summed E-state index contributed by atoms with van der Waals surface area (Å²) in [5.74, 6) is -0.698. The Bertz CT molecular complexity index is 1390. The third-order valence-corrected chi connectivity index (χ3v) is 8.02. The van der Waals surface area contributed by atoms with Crippen LogP contribution in [0.25, 0.3) is 0 Å². The topological polar surface area (TPSA) is 86.8 Å².